The molecular formula is C10H16N2O2S2. The standard InChI is InChI=1S/C10H16N2O2S2/c1-4-7-12(3)16(13,14)10-6-5-9(15-10)8-11-2/h4-6,11H,1,7-8H2,2-3H3. The van der Waals surface area contributed by atoms with Crippen molar-refractivity contribution in [1.29, 1.82) is 0 Å². The topological polar surface area (TPSA) is 49.4 Å². The summed E-state index contributed by atoms with van der Waals surface area (Å²) in [4.78, 5) is 1.01. The van der Waals surface area contributed by atoms with E-state index in [1.54, 1.807) is 19.2 Å². The van der Waals surface area contributed by atoms with Crippen molar-refractivity contribution in [3.63, 3.8) is 0 Å². The minimum atomic E-state index is -3.35. The molecule has 0 fully saturated rings. The van der Waals surface area contributed by atoms with Crippen LogP contribution in [-0.4, -0.2) is 33.4 Å². The average Bonchev–Trinajstić information content (AvgIpc) is 2.68. The van der Waals surface area contributed by atoms with Gasteiger partial charge in [0.05, 0.1) is 0 Å². The predicted molar refractivity (Wildman–Crippen MR) is 67.1 cm³/mol. The minimum absolute atomic E-state index is 0.321. The summed E-state index contributed by atoms with van der Waals surface area (Å²) in [5.41, 5.74) is 0. The minimum Gasteiger partial charge on any atom is -0.315 e. The number of likely N-dealkylation sites (N-methyl/N-ethyl adjacent to an activating group) is 1. The maximum absolute atomic E-state index is 12.0. The van der Waals surface area contributed by atoms with Gasteiger partial charge in [0.2, 0.25) is 0 Å². The molecule has 1 rings (SSSR count). The highest BCUT2D eigenvalue weighted by Gasteiger charge is 2.21. The van der Waals surface area contributed by atoms with Crippen LogP contribution < -0.4 is 5.32 Å². The molecule has 0 spiro atoms. The summed E-state index contributed by atoms with van der Waals surface area (Å²) >= 11 is 1.29. The van der Waals surface area contributed by atoms with Gasteiger partial charge in [0, 0.05) is 25.0 Å². The fourth-order valence-corrected chi connectivity index (χ4v) is 3.92. The molecule has 0 amide bonds. The SMILES string of the molecule is C=CCN(C)S(=O)(=O)c1ccc(CNC)s1. The lowest BCUT2D eigenvalue weighted by molar-refractivity contribution is 0.501. The van der Waals surface area contributed by atoms with Crippen LogP contribution in [0.1, 0.15) is 4.88 Å². The van der Waals surface area contributed by atoms with Crippen molar-refractivity contribution >= 4 is 21.4 Å². The molecule has 0 saturated carbocycles. The second-order valence-electron chi connectivity index (χ2n) is 3.33. The Hall–Kier alpha value is -0.690. The van der Waals surface area contributed by atoms with Gasteiger partial charge < -0.3 is 5.32 Å². The Kier molecular flexibility index (Phi) is 4.67. The van der Waals surface area contributed by atoms with Crippen molar-refractivity contribution in [3.8, 4) is 0 Å². The maximum atomic E-state index is 12.0. The molecule has 1 aromatic rings. The van der Waals surface area contributed by atoms with E-state index in [-0.39, 0.29) is 0 Å². The van der Waals surface area contributed by atoms with Crippen molar-refractivity contribution in [2.24, 2.45) is 0 Å². The summed E-state index contributed by atoms with van der Waals surface area (Å²) < 4.78 is 25.7. The monoisotopic (exact) mass is 260 g/mol. The molecule has 1 aromatic heterocycles. The van der Waals surface area contributed by atoms with Crippen LogP contribution in [-0.2, 0) is 16.6 Å². The van der Waals surface area contributed by atoms with E-state index in [0.29, 0.717) is 17.3 Å². The molecule has 0 aromatic carbocycles. The summed E-state index contributed by atoms with van der Waals surface area (Å²) in [6, 6.07) is 3.47. The van der Waals surface area contributed by atoms with E-state index in [0.717, 1.165) is 4.88 Å². The lowest BCUT2D eigenvalue weighted by Crippen LogP contribution is -2.26. The lowest BCUT2D eigenvalue weighted by atomic mass is 10.5. The van der Waals surface area contributed by atoms with Crippen LogP contribution in [0.25, 0.3) is 0 Å². The first-order valence-electron chi connectivity index (χ1n) is 4.83. The van der Waals surface area contributed by atoms with Gasteiger partial charge in [-0.05, 0) is 19.2 Å². The Balaban J connectivity index is 2.93. The van der Waals surface area contributed by atoms with Crippen LogP contribution in [0.3, 0.4) is 0 Å². The van der Waals surface area contributed by atoms with Gasteiger partial charge in [-0.25, -0.2) is 8.42 Å². The summed E-state index contributed by atoms with van der Waals surface area (Å²) in [5.74, 6) is 0. The quantitative estimate of drug-likeness (QED) is 0.784. The van der Waals surface area contributed by atoms with Gasteiger partial charge in [-0.3, -0.25) is 0 Å². The molecule has 6 heteroatoms. The van der Waals surface area contributed by atoms with Gasteiger partial charge in [0.25, 0.3) is 10.0 Å². The predicted octanol–water partition coefficient (Wildman–Crippen LogP) is 1.27. The van der Waals surface area contributed by atoms with Crippen molar-refractivity contribution in [2.75, 3.05) is 20.6 Å². The van der Waals surface area contributed by atoms with E-state index in [1.807, 2.05) is 13.1 Å². The van der Waals surface area contributed by atoms with Crippen LogP contribution in [0.5, 0.6) is 0 Å². The summed E-state index contributed by atoms with van der Waals surface area (Å²) in [6.45, 7) is 4.54. The molecule has 4 nitrogen and oxygen atoms in total. The molecule has 1 heterocycles. The average molecular weight is 260 g/mol. The van der Waals surface area contributed by atoms with E-state index in [2.05, 4.69) is 11.9 Å². The number of thiophene rings is 1. The van der Waals surface area contributed by atoms with Gasteiger partial charge in [0.1, 0.15) is 4.21 Å². The Bertz CT molecular complexity index is 451. The van der Waals surface area contributed by atoms with Gasteiger partial charge >= 0.3 is 0 Å². The molecule has 16 heavy (non-hydrogen) atoms. The zero-order valence-electron chi connectivity index (χ0n) is 9.43. The third-order valence-electron chi connectivity index (χ3n) is 2.04. The third-order valence-corrected chi connectivity index (χ3v) is 5.41. The second-order valence-corrected chi connectivity index (χ2v) is 6.77. The summed E-state index contributed by atoms with van der Waals surface area (Å²) in [5, 5.41) is 2.99. The number of nitrogens with one attached hydrogen (secondary N) is 1. The van der Waals surface area contributed by atoms with E-state index < -0.39 is 10.0 Å². The Morgan fingerprint density at radius 2 is 2.25 bits per heavy atom. The van der Waals surface area contributed by atoms with Crippen molar-refractivity contribution in [3.05, 3.63) is 29.7 Å². The highest BCUT2D eigenvalue weighted by atomic mass is 32.2. The van der Waals surface area contributed by atoms with Crippen molar-refractivity contribution in [2.45, 2.75) is 10.8 Å². The molecule has 0 atom stereocenters. The molecule has 1 N–H and O–H groups in total. The van der Waals surface area contributed by atoms with Crippen LogP contribution in [0, 0.1) is 0 Å². The molecule has 90 valence electrons. The van der Waals surface area contributed by atoms with Crippen molar-refractivity contribution in [1.82, 2.24) is 9.62 Å². The smallest absolute Gasteiger partial charge is 0.252 e. The van der Waals surface area contributed by atoms with E-state index in [9.17, 15) is 8.42 Å². The molecule has 0 aliphatic heterocycles. The zero-order valence-corrected chi connectivity index (χ0v) is 11.1. The van der Waals surface area contributed by atoms with Gasteiger partial charge in [0.15, 0.2) is 0 Å². The normalized spacial score (nSPS) is 11.9. The van der Waals surface area contributed by atoms with Crippen LogP contribution in [0.4, 0.5) is 0 Å². The maximum Gasteiger partial charge on any atom is 0.252 e. The highest BCUT2D eigenvalue weighted by Crippen LogP contribution is 2.24. The van der Waals surface area contributed by atoms with Gasteiger partial charge in [-0.15, -0.1) is 17.9 Å². The zero-order chi connectivity index (χ0) is 12.2. The van der Waals surface area contributed by atoms with Crippen molar-refractivity contribution < 1.29 is 8.42 Å². The first kappa shape index (κ1) is 13.4. The molecule has 0 unspecified atom stereocenters. The fourth-order valence-electron chi connectivity index (χ4n) is 1.20. The fraction of sp³-hybridized carbons (Fsp3) is 0.400. The number of hydrogen-bond acceptors (Lipinski definition) is 4. The molecular weight excluding hydrogens is 244 g/mol. The van der Waals surface area contributed by atoms with Gasteiger partial charge in [-0.1, -0.05) is 6.08 Å². The van der Waals surface area contributed by atoms with E-state index in [4.69, 9.17) is 0 Å². The van der Waals surface area contributed by atoms with E-state index in [1.165, 1.54) is 15.6 Å². The van der Waals surface area contributed by atoms with Gasteiger partial charge in [-0.2, -0.15) is 4.31 Å². The first-order chi connectivity index (χ1) is 7.52. The van der Waals surface area contributed by atoms with Crippen LogP contribution in [0.15, 0.2) is 29.0 Å². The van der Waals surface area contributed by atoms with Crippen LogP contribution in [0.2, 0.25) is 0 Å². The molecule has 0 bridgehead atoms. The molecule has 0 aliphatic rings. The number of hydrogen-bond donors (Lipinski definition) is 1. The van der Waals surface area contributed by atoms with E-state index >= 15 is 0 Å². The lowest BCUT2D eigenvalue weighted by Gasteiger charge is -2.13. The summed E-state index contributed by atoms with van der Waals surface area (Å²) in [6.07, 6.45) is 1.57. The largest absolute Gasteiger partial charge is 0.315 e. The third kappa shape index (κ3) is 2.91. The number of nitrogens with zero attached hydrogens (tertiary/aromatic N) is 1. The molecule has 0 radical (unpaired) electrons. The Morgan fingerprint density at radius 3 is 2.81 bits per heavy atom. The Labute approximate surface area is 101 Å². The first-order valence-corrected chi connectivity index (χ1v) is 7.08. The Morgan fingerprint density at radius 1 is 1.56 bits per heavy atom. The second kappa shape index (κ2) is 5.58. The number of sulfonamides is 1. The molecule has 0 saturated heterocycles. The highest BCUT2D eigenvalue weighted by molar-refractivity contribution is 7.91. The molecule has 0 aliphatic carbocycles. The number of rotatable bonds is 6. The summed E-state index contributed by atoms with van der Waals surface area (Å²) in [7, 11) is 0.0354. The van der Waals surface area contributed by atoms with Crippen LogP contribution >= 0.6 is 11.3 Å².